The van der Waals surface area contributed by atoms with Crippen molar-refractivity contribution in [3.8, 4) is 0 Å². The molecule has 0 aromatic heterocycles. The van der Waals surface area contributed by atoms with Crippen molar-refractivity contribution in [2.75, 3.05) is 7.11 Å². The lowest BCUT2D eigenvalue weighted by Crippen LogP contribution is -2.76. The van der Waals surface area contributed by atoms with Gasteiger partial charge in [0.2, 0.25) is 0 Å². The summed E-state index contributed by atoms with van der Waals surface area (Å²) < 4.78 is 6.14. The Labute approximate surface area is 148 Å². The van der Waals surface area contributed by atoms with Gasteiger partial charge in [0, 0.05) is 12.7 Å². The van der Waals surface area contributed by atoms with E-state index in [2.05, 4.69) is 42.5 Å². The topological polar surface area (TPSA) is 27.7 Å². The number of benzene rings is 2. The maximum Gasteiger partial charge on any atom is 0.260 e. The summed E-state index contributed by atoms with van der Waals surface area (Å²) in [5, 5.41) is 2.47. The molecule has 5 aliphatic rings. The summed E-state index contributed by atoms with van der Waals surface area (Å²) in [4.78, 5) is 11.9. The van der Waals surface area contributed by atoms with Crippen molar-refractivity contribution in [3.63, 3.8) is 0 Å². The first-order valence-electron chi connectivity index (χ1n) is 9.66. The van der Waals surface area contributed by atoms with Gasteiger partial charge in [0.15, 0.2) is 5.60 Å². The molecule has 5 fully saturated rings. The van der Waals surface area contributed by atoms with Gasteiger partial charge < -0.3 is 4.74 Å². The Morgan fingerprint density at radius 3 is 2.12 bits per heavy atom. The number of rotatable bonds is 2. The van der Waals surface area contributed by atoms with Gasteiger partial charge in [-0.15, -0.1) is 0 Å². The first-order valence-corrected chi connectivity index (χ1v) is 9.66. The molecule has 4 saturated carbocycles. The lowest BCUT2D eigenvalue weighted by atomic mass is 9.47. The minimum absolute atomic E-state index is 0.294. The molecule has 2 aromatic rings. The van der Waals surface area contributed by atoms with Crippen LogP contribution in [0, 0.1) is 23.7 Å². The normalized spacial score (nSPS) is 44.4. The van der Waals surface area contributed by atoms with Crippen molar-refractivity contribution >= 4 is 10.8 Å². The molecule has 0 amide bonds. The fourth-order valence-corrected chi connectivity index (χ4v) is 6.75. The zero-order valence-electron chi connectivity index (χ0n) is 14.6. The van der Waals surface area contributed by atoms with E-state index in [1.165, 1.54) is 42.9 Å². The highest BCUT2D eigenvalue weighted by molar-refractivity contribution is 5.83. The largest absolute Gasteiger partial charge is 0.345 e. The van der Waals surface area contributed by atoms with Gasteiger partial charge in [-0.25, -0.2) is 4.89 Å². The summed E-state index contributed by atoms with van der Waals surface area (Å²) in [5.74, 6) is 2.15. The average molecular weight is 336 g/mol. The Bertz CT molecular complexity index is 812. The van der Waals surface area contributed by atoms with Crippen LogP contribution in [0.2, 0.25) is 0 Å². The molecular formula is C22H24O3. The van der Waals surface area contributed by atoms with Gasteiger partial charge in [-0.1, -0.05) is 36.4 Å². The minimum Gasteiger partial charge on any atom is -0.345 e. The molecule has 1 unspecified atom stereocenters. The summed E-state index contributed by atoms with van der Waals surface area (Å²) in [6.45, 7) is 0. The van der Waals surface area contributed by atoms with E-state index in [1.54, 1.807) is 7.11 Å². The predicted molar refractivity (Wildman–Crippen MR) is 94.6 cm³/mol. The van der Waals surface area contributed by atoms with Crippen LogP contribution in [-0.2, 0) is 20.3 Å². The van der Waals surface area contributed by atoms with Crippen molar-refractivity contribution in [2.45, 2.75) is 43.5 Å². The molecule has 1 saturated heterocycles. The number of ether oxygens (including phenoxy) is 1. The SMILES string of the molecule is COC1(c2ccc3ccccc3c2)OOC12C1CC3CC(C1)CC2C3. The third kappa shape index (κ3) is 1.67. The van der Waals surface area contributed by atoms with E-state index in [1.807, 2.05) is 0 Å². The summed E-state index contributed by atoms with van der Waals surface area (Å²) in [6, 6.07) is 15.0. The molecular weight excluding hydrogens is 312 g/mol. The zero-order valence-corrected chi connectivity index (χ0v) is 14.6. The Morgan fingerprint density at radius 1 is 0.840 bits per heavy atom. The van der Waals surface area contributed by atoms with Crippen LogP contribution < -0.4 is 0 Å². The second-order valence-corrected chi connectivity index (χ2v) is 8.65. The quantitative estimate of drug-likeness (QED) is 0.738. The highest BCUT2D eigenvalue weighted by atomic mass is 17.3. The summed E-state index contributed by atoms with van der Waals surface area (Å²) >= 11 is 0. The van der Waals surface area contributed by atoms with Crippen molar-refractivity contribution < 1.29 is 14.5 Å². The highest BCUT2D eigenvalue weighted by Crippen LogP contribution is 2.69. The number of fused-ring (bicyclic) bond motifs is 1. The predicted octanol–water partition coefficient (Wildman–Crippen LogP) is 4.80. The van der Waals surface area contributed by atoms with Gasteiger partial charge >= 0.3 is 0 Å². The Kier molecular flexibility index (Phi) is 2.85. The molecule has 0 N–H and O–H groups in total. The third-order valence-electron chi connectivity index (χ3n) is 7.58. The molecule has 1 atom stereocenters. The molecule has 7 rings (SSSR count). The van der Waals surface area contributed by atoms with Crippen molar-refractivity contribution in [3.05, 3.63) is 48.0 Å². The third-order valence-corrected chi connectivity index (χ3v) is 7.58. The molecule has 1 heterocycles. The Hall–Kier alpha value is -1.42. The standard InChI is InChI=1S/C22H24O3/c1-23-22(18-7-6-16-4-2-3-5-17(16)13-18)21(24-25-22)19-9-14-8-15(11-19)12-20(21)10-14/h2-7,13-15,19-20H,8-12H2,1H3. The number of hydrogen-bond acceptors (Lipinski definition) is 3. The van der Waals surface area contributed by atoms with E-state index < -0.39 is 5.79 Å². The molecule has 3 nitrogen and oxygen atoms in total. The first kappa shape index (κ1) is 14.7. The van der Waals surface area contributed by atoms with Gasteiger partial charge in [0.1, 0.15) is 0 Å². The van der Waals surface area contributed by atoms with Crippen molar-refractivity contribution in [2.24, 2.45) is 23.7 Å². The maximum atomic E-state index is 6.14. The monoisotopic (exact) mass is 336 g/mol. The zero-order chi connectivity index (χ0) is 16.6. The van der Waals surface area contributed by atoms with Crippen LogP contribution in [0.25, 0.3) is 10.8 Å². The van der Waals surface area contributed by atoms with Gasteiger partial charge in [-0.3, -0.25) is 0 Å². The molecule has 4 aliphatic carbocycles. The molecule has 1 spiro atoms. The Morgan fingerprint density at radius 2 is 1.52 bits per heavy atom. The number of methoxy groups -OCH3 is 1. The fraction of sp³-hybridized carbons (Fsp3) is 0.545. The molecule has 3 heteroatoms. The minimum atomic E-state index is -0.750. The van der Waals surface area contributed by atoms with Gasteiger partial charge in [0.05, 0.1) is 0 Å². The van der Waals surface area contributed by atoms with Crippen LogP contribution in [0.15, 0.2) is 42.5 Å². The maximum absolute atomic E-state index is 6.14. The molecule has 25 heavy (non-hydrogen) atoms. The highest BCUT2D eigenvalue weighted by Gasteiger charge is 2.76. The summed E-state index contributed by atoms with van der Waals surface area (Å²) in [5.41, 5.74) is 0.810. The van der Waals surface area contributed by atoms with Gasteiger partial charge in [-0.05, 0) is 72.6 Å². The van der Waals surface area contributed by atoms with Crippen LogP contribution in [0.1, 0.15) is 37.7 Å². The van der Waals surface area contributed by atoms with E-state index in [4.69, 9.17) is 14.5 Å². The van der Waals surface area contributed by atoms with E-state index in [9.17, 15) is 0 Å². The van der Waals surface area contributed by atoms with E-state index in [0.717, 1.165) is 17.4 Å². The second kappa shape index (κ2) is 4.85. The van der Waals surface area contributed by atoms with Gasteiger partial charge in [0.25, 0.3) is 5.79 Å². The fourth-order valence-electron chi connectivity index (χ4n) is 6.75. The van der Waals surface area contributed by atoms with E-state index in [0.29, 0.717) is 11.8 Å². The molecule has 4 bridgehead atoms. The van der Waals surface area contributed by atoms with Crippen molar-refractivity contribution in [1.29, 1.82) is 0 Å². The molecule has 2 aromatic carbocycles. The average Bonchev–Trinajstić information content (AvgIpc) is 2.61. The first-order chi connectivity index (χ1) is 12.2. The summed E-state index contributed by atoms with van der Waals surface area (Å²) in [6.07, 6.45) is 6.52. The lowest BCUT2D eigenvalue weighted by Gasteiger charge is -2.68. The van der Waals surface area contributed by atoms with Crippen LogP contribution in [0.3, 0.4) is 0 Å². The second-order valence-electron chi connectivity index (χ2n) is 8.65. The summed E-state index contributed by atoms with van der Waals surface area (Å²) in [7, 11) is 1.78. The molecule has 1 aliphatic heterocycles. The van der Waals surface area contributed by atoms with Gasteiger partial charge in [-0.2, -0.15) is 4.89 Å². The molecule has 0 radical (unpaired) electrons. The van der Waals surface area contributed by atoms with Crippen molar-refractivity contribution in [1.82, 2.24) is 0 Å². The number of hydrogen-bond donors (Lipinski definition) is 0. The van der Waals surface area contributed by atoms with E-state index >= 15 is 0 Å². The van der Waals surface area contributed by atoms with Crippen LogP contribution in [0.4, 0.5) is 0 Å². The lowest BCUT2D eigenvalue weighted by molar-refractivity contribution is -0.645. The van der Waals surface area contributed by atoms with Crippen LogP contribution >= 0.6 is 0 Å². The smallest absolute Gasteiger partial charge is 0.260 e. The Balaban J connectivity index is 1.50. The van der Waals surface area contributed by atoms with E-state index in [-0.39, 0.29) is 5.60 Å². The molecule has 130 valence electrons. The van der Waals surface area contributed by atoms with Crippen LogP contribution in [0.5, 0.6) is 0 Å². The van der Waals surface area contributed by atoms with Crippen LogP contribution in [-0.4, -0.2) is 12.7 Å².